The summed E-state index contributed by atoms with van der Waals surface area (Å²) in [7, 11) is 0. The first-order chi connectivity index (χ1) is 15.0. The van der Waals surface area contributed by atoms with E-state index in [-0.39, 0.29) is 23.5 Å². The van der Waals surface area contributed by atoms with E-state index in [1.165, 1.54) is 35.6 Å². The largest absolute Gasteiger partial charge is 0.339 e. The van der Waals surface area contributed by atoms with Crippen LogP contribution in [0.25, 0.3) is 0 Å². The second kappa shape index (κ2) is 9.58. The van der Waals surface area contributed by atoms with Gasteiger partial charge in [-0.05, 0) is 48.7 Å². The zero-order chi connectivity index (χ0) is 21.8. The highest BCUT2D eigenvalue weighted by Crippen LogP contribution is 2.26. The molecule has 0 radical (unpaired) electrons. The van der Waals surface area contributed by atoms with Crippen molar-refractivity contribution in [1.82, 2.24) is 9.88 Å². The number of benzene rings is 2. The minimum Gasteiger partial charge on any atom is -0.339 e. The zero-order valence-electron chi connectivity index (χ0n) is 16.7. The van der Waals surface area contributed by atoms with E-state index in [0.29, 0.717) is 48.1 Å². The molecule has 1 aliphatic rings. The van der Waals surface area contributed by atoms with E-state index in [1.54, 1.807) is 11.1 Å². The average molecular weight is 458 g/mol. The highest BCUT2D eigenvalue weighted by Gasteiger charge is 2.28. The maximum atomic E-state index is 13.1. The Labute approximate surface area is 188 Å². The molecule has 0 aliphatic carbocycles. The van der Waals surface area contributed by atoms with Crippen molar-refractivity contribution in [3.05, 3.63) is 81.6 Å². The SMILES string of the molecule is O=C(Nc1ncc(Cc2ccccc2Cl)s1)C1CCN(C(=O)c2ccc(F)cc2)CC1. The van der Waals surface area contributed by atoms with Gasteiger partial charge in [-0.3, -0.25) is 9.59 Å². The first-order valence-corrected chi connectivity index (χ1v) is 11.2. The van der Waals surface area contributed by atoms with Crippen LogP contribution in [0.2, 0.25) is 5.02 Å². The van der Waals surface area contributed by atoms with Crippen molar-refractivity contribution in [1.29, 1.82) is 0 Å². The molecule has 2 amide bonds. The predicted octanol–water partition coefficient (Wildman–Crippen LogP) is 5.02. The summed E-state index contributed by atoms with van der Waals surface area (Å²) in [6.07, 6.45) is 3.58. The smallest absolute Gasteiger partial charge is 0.253 e. The van der Waals surface area contributed by atoms with Crippen LogP contribution in [0.4, 0.5) is 9.52 Å². The summed E-state index contributed by atoms with van der Waals surface area (Å²) in [5, 5.41) is 4.18. The van der Waals surface area contributed by atoms with Gasteiger partial charge in [-0.1, -0.05) is 29.8 Å². The molecular weight excluding hydrogens is 437 g/mol. The van der Waals surface area contributed by atoms with Crippen LogP contribution in [-0.4, -0.2) is 34.8 Å². The van der Waals surface area contributed by atoms with Gasteiger partial charge in [0.2, 0.25) is 5.91 Å². The molecule has 0 unspecified atom stereocenters. The number of aromatic nitrogens is 1. The molecule has 5 nitrogen and oxygen atoms in total. The summed E-state index contributed by atoms with van der Waals surface area (Å²) in [5.74, 6) is -0.757. The number of anilines is 1. The first-order valence-electron chi connectivity index (χ1n) is 10.0. The van der Waals surface area contributed by atoms with E-state index in [4.69, 9.17) is 11.6 Å². The van der Waals surface area contributed by atoms with Crippen LogP contribution < -0.4 is 5.32 Å². The molecule has 3 aromatic rings. The molecule has 1 saturated heterocycles. The van der Waals surface area contributed by atoms with Crippen LogP contribution in [0.15, 0.2) is 54.7 Å². The minimum absolute atomic E-state index is 0.0764. The molecule has 160 valence electrons. The third kappa shape index (κ3) is 5.29. The summed E-state index contributed by atoms with van der Waals surface area (Å²) in [4.78, 5) is 32.2. The van der Waals surface area contributed by atoms with Gasteiger partial charge < -0.3 is 10.2 Å². The fourth-order valence-electron chi connectivity index (χ4n) is 3.60. The van der Waals surface area contributed by atoms with Gasteiger partial charge in [0.25, 0.3) is 5.91 Å². The van der Waals surface area contributed by atoms with Gasteiger partial charge in [-0.25, -0.2) is 9.37 Å². The van der Waals surface area contributed by atoms with Crippen molar-refractivity contribution >= 4 is 39.9 Å². The third-order valence-electron chi connectivity index (χ3n) is 5.35. The molecular formula is C23H21ClFN3O2S. The van der Waals surface area contributed by atoms with E-state index in [0.717, 1.165) is 10.4 Å². The molecule has 0 bridgehead atoms. The second-order valence-corrected chi connectivity index (χ2v) is 8.98. The molecule has 1 aliphatic heterocycles. The lowest BCUT2D eigenvalue weighted by molar-refractivity contribution is -0.121. The lowest BCUT2D eigenvalue weighted by Gasteiger charge is -2.31. The number of rotatable bonds is 5. The number of likely N-dealkylation sites (tertiary alicyclic amines) is 1. The molecule has 2 heterocycles. The van der Waals surface area contributed by atoms with Gasteiger partial charge in [-0.2, -0.15) is 0 Å². The molecule has 0 saturated carbocycles. The highest BCUT2D eigenvalue weighted by atomic mass is 35.5. The Hall–Kier alpha value is -2.77. The third-order valence-corrected chi connectivity index (χ3v) is 6.63. The van der Waals surface area contributed by atoms with Crippen molar-refractivity contribution in [3.63, 3.8) is 0 Å². The van der Waals surface area contributed by atoms with Gasteiger partial charge in [0.1, 0.15) is 5.82 Å². The monoisotopic (exact) mass is 457 g/mol. The van der Waals surface area contributed by atoms with Crippen molar-refractivity contribution in [2.75, 3.05) is 18.4 Å². The number of hydrogen-bond acceptors (Lipinski definition) is 4. The van der Waals surface area contributed by atoms with Crippen LogP contribution in [-0.2, 0) is 11.2 Å². The Morgan fingerprint density at radius 3 is 2.55 bits per heavy atom. The Morgan fingerprint density at radius 2 is 1.84 bits per heavy atom. The van der Waals surface area contributed by atoms with Crippen molar-refractivity contribution < 1.29 is 14.0 Å². The molecule has 2 aromatic carbocycles. The van der Waals surface area contributed by atoms with E-state index in [9.17, 15) is 14.0 Å². The van der Waals surface area contributed by atoms with E-state index < -0.39 is 0 Å². The lowest BCUT2D eigenvalue weighted by atomic mass is 9.95. The predicted molar refractivity (Wildman–Crippen MR) is 120 cm³/mol. The first kappa shape index (κ1) is 21.5. The number of amides is 2. The molecule has 1 N–H and O–H groups in total. The van der Waals surface area contributed by atoms with Crippen molar-refractivity contribution in [2.45, 2.75) is 19.3 Å². The highest BCUT2D eigenvalue weighted by molar-refractivity contribution is 7.15. The van der Waals surface area contributed by atoms with E-state index in [1.807, 2.05) is 24.3 Å². The summed E-state index contributed by atoms with van der Waals surface area (Å²) in [5.41, 5.74) is 1.47. The molecule has 4 rings (SSSR count). The standard InChI is InChI=1S/C23H21ClFN3O2S/c24-20-4-2-1-3-17(20)13-19-14-26-23(31-19)27-21(29)15-9-11-28(12-10-15)22(30)16-5-7-18(25)8-6-16/h1-8,14-15H,9-13H2,(H,26,27,29). The molecule has 0 atom stereocenters. The molecule has 1 aromatic heterocycles. The number of carbonyl (C=O) groups excluding carboxylic acids is 2. The molecule has 0 spiro atoms. The fourth-order valence-corrected chi connectivity index (χ4v) is 4.64. The quantitative estimate of drug-likeness (QED) is 0.585. The summed E-state index contributed by atoms with van der Waals surface area (Å²) < 4.78 is 13.1. The van der Waals surface area contributed by atoms with Crippen molar-refractivity contribution in [2.24, 2.45) is 5.92 Å². The van der Waals surface area contributed by atoms with E-state index in [2.05, 4.69) is 10.3 Å². The molecule has 1 fully saturated rings. The number of nitrogens with one attached hydrogen (secondary N) is 1. The lowest BCUT2D eigenvalue weighted by Crippen LogP contribution is -2.41. The fraction of sp³-hybridized carbons (Fsp3) is 0.261. The summed E-state index contributed by atoms with van der Waals surface area (Å²) >= 11 is 7.65. The summed E-state index contributed by atoms with van der Waals surface area (Å²) in [6, 6.07) is 13.2. The number of halogens is 2. The van der Waals surface area contributed by atoms with Crippen LogP contribution in [0.3, 0.4) is 0 Å². The summed E-state index contributed by atoms with van der Waals surface area (Å²) in [6.45, 7) is 0.980. The van der Waals surface area contributed by atoms with Crippen LogP contribution in [0.5, 0.6) is 0 Å². The number of piperidine rings is 1. The number of hydrogen-bond donors (Lipinski definition) is 1. The number of carbonyl (C=O) groups is 2. The van der Waals surface area contributed by atoms with Gasteiger partial charge in [0.15, 0.2) is 5.13 Å². The number of nitrogens with zero attached hydrogens (tertiary/aromatic N) is 2. The zero-order valence-corrected chi connectivity index (χ0v) is 18.3. The molecule has 31 heavy (non-hydrogen) atoms. The Morgan fingerprint density at radius 1 is 1.13 bits per heavy atom. The van der Waals surface area contributed by atoms with Crippen molar-refractivity contribution in [3.8, 4) is 0 Å². The Kier molecular flexibility index (Phi) is 6.63. The van der Waals surface area contributed by atoms with Crippen LogP contribution in [0, 0.1) is 11.7 Å². The maximum Gasteiger partial charge on any atom is 0.253 e. The maximum absolute atomic E-state index is 13.1. The van der Waals surface area contributed by atoms with E-state index >= 15 is 0 Å². The van der Waals surface area contributed by atoms with Gasteiger partial charge in [-0.15, -0.1) is 11.3 Å². The Bertz CT molecular complexity index is 1080. The van der Waals surface area contributed by atoms with Gasteiger partial charge >= 0.3 is 0 Å². The molecule has 8 heteroatoms. The van der Waals surface area contributed by atoms with Crippen LogP contribution in [0.1, 0.15) is 33.6 Å². The van der Waals surface area contributed by atoms with Gasteiger partial charge in [0.05, 0.1) is 0 Å². The average Bonchev–Trinajstić information content (AvgIpc) is 3.22. The Balaban J connectivity index is 1.29. The normalized spacial score (nSPS) is 14.5. The van der Waals surface area contributed by atoms with Gasteiger partial charge in [0, 0.05) is 47.1 Å². The van der Waals surface area contributed by atoms with Crippen LogP contribution >= 0.6 is 22.9 Å². The topological polar surface area (TPSA) is 62.3 Å². The second-order valence-electron chi connectivity index (χ2n) is 7.46. The number of thiazole rings is 1. The minimum atomic E-state index is -0.371.